The van der Waals surface area contributed by atoms with Crippen LogP contribution in [-0.4, -0.2) is 28.8 Å². The second-order valence-electron chi connectivity index (χ2n) is 3.17. The fourth-order valence-electron chi connectivity index (χ4n) is 1.21. The molecule has 0 atom stereocenters. The predicted molar refractivity (Wildman–Crippen MR) is 66.2 cm³/mol. The highest BCUT2D eigenvalue weighted by molar-refractivity contribution is 14.1. The third-order valence-corrected chi connectivity index (χ3v) is 2.37. The van der Waals surface area contributed by atoms with Crippen LogP contribution in [0.1, 0.15) is 17.3 Å². The highest BCUT2D eigenvalue weighted by Gasteiger charge is 2.38. The Morgan fingerprint density at radius 2 is 2.15 bits per heavy atom. The van der Waals surface area contributed by atoms with E-state index in [4.69, 9.17) is 0 Å². The molecule has 1 heterocycles. The maximum atomic E-state index is 12.2. The van der Waals surface area contributed by atoms with Crippen LogP contribution in [0.25, 0.3) is 0 Å². The van der Waals surface area contributed by atoms with Gasteiger partial charge < -0.3 is 9.47 Å². The molecule has 0 unspecified atom stereocenters. The van der Waals surface area contributed by atoms with Crippen molar-refractivity contribution in [2.45, 2.75) is 13.3 Å². The van der Waals surface area contributed by atoms with Crippen molar-refractivity contribution in [3.05, 3.63) is 25.4 Å². The number of hydrogen-bond donors (Lipinski definition) is 0. The van der Waals surface area contributed by atoms with Gasteiger partial charge in [0.2, 0.25) is 0 Å². The highest BCUT2D eigenvalue weighted by Crippen LogP contribution is 2.34. The summed E-state index contributed by atoms with van der Waals surface area (Å²) in [7, 11) is 0. The number of carbonyl (C=O) groups excluding carboxylic acids is 1. The molecule has 0 radical (unpaired) electrons. The molecule has 1 aromatic heterocycles. The summed E-state index contributed by atoms with van der Waals surface area (Å²) in [6.07, 6.45) is -5.17. The van der Waals surface area contributed by atoms with E-state index in [2.05, 4.69) is 14.5 Å². The number of nitro groups is 1. The maximum absolute atomic E-state index is 12.2. The quantitative estimate of drug-likeness (QED) is 0.251. The van der Waals surface area contributed by atoms with E-state index in [1.165, 1.54) is 29.5 Å². The van der Waals surface area contributed by atoms with Crippen LogP contribution < -0.4 is 4.74 Å². The lowest BCUT2D eigenvalue weighted by atomic mass is 10.2. The van der Waals surface area contributed by atoms with Gasteiger partial charge in [0.05, 0.1) is 11.5 Å². The van der Waals surface area contributed by atoms with Gasteiger partial charge in [-0.1, -0.05) is 0 Å². The molecular formula is C9H6F3IN2O5. The second-order valence-corrected chi connectivity index (χ2v) is 4.28. The Hall–Kier alpha value is -1.66. The zero-order valence-electron chi connectivity index (χ0n) is 9.73. The van der Waals surface area contributed by atoms with Gasteiger partial charge in [-0.15, -0.1) is 13.2 Å². The third-order valence-electron chi connectivity index (χ3n) is 1.82. The standard InChI is InChI=1S/C9H6F3IN2O5/c1-2-19-8(16)4-3-5(13)14-7(6(4)15(17)18)20-9(10,11)12/h3H,2H2,1H3. The lowest BCUT2D eigenvalue weighted by molar-refractivity contribution is -0.389. The van der Waals surface area contributed by atoms with Crippen molar-refractivity contribution in [3.63, 3.8) is 0 Å². The summed E-state index contributed by atoms with van der Waals surface area (Å²) in [6, 6.07) is 0.944. The van der Waals surface area contributed by atoms with Gasteiger partial charge in [0.1, 0.15) is 9.26 Å². The number of alkyl halides is 3. The number of ether oxygens (including phenoxy) is 2. The van der Waals surface area contributed by atoms with Crippen LogP contribution in [0.3, 0.4) is 0 Å². The third kappa shape index (κ3) is 4.18. The number of aromatic nitrogens is 1. The number of halogens is 4. The van der Waals surface area contributed by atoms with Gasteiger partial charge in [0.25, 0.3) is 0 Å². The van der Waals surface area contributed by atoms with Gasteiger partial charge in [-0.05, 0) is 35.6 Å². The maximum Gasteiger partial charge on any atom is 0.574 e. The fourth-order valence-corrected chi connectivity index (χ4v) is 1.74. The van der Waals surface area contributed by atoms with E-state index in [1.807, 2.05) is 0 Å². The molecule has 7 nitrogen and oxygen atoms in total. The first-order valence-electron chi connectivity index (χ1n) is 4.93. The number of nitrogens with zero attached hydrogens (tertiary/aromatic N) is 2. The van der Waals surface area contributed by atoms with Crippen molar-refractivity contribution in [2.75, 3.05) is 6.61 Å². The number of pyridine rings is 1. The van der Waals surface area contributed by atoms with Crippen LogP contribution in [0.2, 0.25) is 0 Å². The Bertz CT molecular complexity index is 549. The molecule has 0 spiro atoms. The van der Waals surface area contributed by atoms with Crippen LogP contribution in [0.4, 0.5) is 18.9 Å². The molecule has 0 aliphatic rings. The van der Waals surface area contributed by atoms with Gasteiger partial charge in [-0.25, -0.2) is 9.78 Å². The second kappa shape index (κ2) is 6.19. The van der Waals surface area contributed by atoms with Crippen LogP contribution in [0.5, 0.6) is 5.88 Å². The molecule has 1 rings (SSSR count). The topological polar surface area (TPSA) is 91.6 Å². The molecule has 0 amide bonds. The first-order valence-corrected chi connectivity index (χ1v) is 6.01. The summed E-state index contributed by atoms with van der Waals surface area (Å²) >= 11 is 1.50. The Morgan fingerprint density at radius 1 is 1.55 bits per heavy atom. The molecule has 0 aliphatic carbocycles. The molecule has 0 N–H and O–H groups in total. The molecule has 20 heavy (non-hydrogen) atoms. The van der Waals surface area contributed by atoms with Crippen LogP contribution in [-0.2, 0) is 4.74 Å². The summed E-state index contributed by atoms with van der Waals surface area (Å²) in [5.74, 6) is -2.44. The van der Waals surface area contributed by atoms with Crippen molar-refractivity contribution < 1.29 is 32.4 Å². The molecule has 11 heteroatoms. The monoisotopic (exact) mass is 406 g/mol. The summed E-state index contributed by atoms with van der Waals surface area (Å²) in [6.45, 7) is 1.35. The van der Waals surface area contributed by atoms with E-state index in [0.29, 0.717) is 0 Å². The average Bonchev–Trinajstić information content (AvgIpc) is 2.25. The van der Waals surface area contributed by atoms with Gasteiger partial charge >= 0.3 is 23.9 Å². The van der Waals surface area contributed by atoms with Gasteiger partial charge in [-0.3, -0.25) is 10.1 Å². The molecule has 0 saturated carbocycles. The SMILES string of the molecule is CCOC(=O)c1cc(I)nc(OC(F)(F)F)c1[N+](=O)[O-]. The predicted octanol–water partition coefficient (Wildman–Crippen LogP) is 2.67. The van der Waals surface area contributed by atoms with Crippen molar-refractivity contribution in [1.29, 1.82) is 0 Å². The molecule has 0 aliphatic heterocycles. The first kappa shape index (κ1) is 16.4. The van der Waals surface area contributed by atoms with E-state index in [1.54, 1.807) is 0 Å². The smallest absolute Gasteiger partial charge is 0.462 e. The van der Waals surface area contributed by atoms with Crippen LogP contribution in [0, 0.1) is 13.8 Å². The molecular weight excluding hydrogens is 400 g/mol. The van der Waals surface area contributed by atoms with Gasteiger partial charge in [0.15, 0.2) is 0 Å². The number of carbonyl (C=O) groups is 1. The average molecular weight is 406 g/mol. The Morgan fingerprint density at radius 3 is 2.60 bits per heavy atom. The van der Waals surface area contributed by atoms with E-state index < -0.39 is 34.4 Å². The van der Waals surface area contributed by atoms with Crippen molar-refractivity contribution in [3.8, 4) is 5.88 Å². The van der Waals surface area contributed by atoms with Crippen molar-refractivity contribution >= 4 is 34.2 Å². The minimum absolute atomic E-state index is 0.0875. The lowest BCUT2D eigenvalue weighted by Gasteiger charge is -2.10. The van der Waals surface area contributed by atoms with E-state index in [-0.39, 0.29) is 10.3 Å². The fraction of sp³-hybridized carbons (Fsp3) is 0.333. The Balaban J connectivity index is 3.44. The van der Waals surface area contributed by atoms with Crippen molar-refractivity contribution in [2.24, 2.45) is 0 Å². The first-order chi connectivity index (χ1) is 9.15. The van der Waals surface area contributed by atoms with E-state index in [9.17, 15) is 28.1 Å². The summed E-state index contributed by atoms with van der Waals surface area (Å²) < 4.78 is 44.5. The summed E-state index contributed by atoms with van der Waals surface area (Å²) in [5, 5.41) is 10.9. The molecule has 0 bridgehead atoms. The van der Waals surface area contributed by atoms with Gasteiger partial charge in [-0.2, -0.15) is 0 Å². The molecule has 0 aromatic carbocycles. The molecule has 0 saturated heterocycles. The van der Waals surface area contributed by atoms with Crippen molar-refractivity contribution in [1.82, 2.24) is 4.98 Å². The zero-order chi connectivity index (χ0) is 15.5. The minimum Gasteiger partial charge on any atom is -0.462 e. The normalized spacial score (nSPS) is 11.1. The molecule has 0 fully saturated rings. The summed E-state index contributed by atoms with van der Waals surface area (Å²) in [5.41, 5.74) is -1.85. The number of rotatable bonds is 4. The molecule has 110 valence electrons. The number of esters is 1. The minimum atomic E-state index is -5.17. The highest BCUT2D eigenvalue weighted by atomic mass is 127. The van der Waals surface area contributed by atoms with Crippen LogP contribution in [0.15, 0.2) is 6.07 Å². The molecule has 1 aromatic rings. The summed E-state index contributed by atoms with van der Waals surface area (Å²) in [4.78, 5) is 24.5. The van der Waals surface area contributed by atoms with Crippen LogP contribution >= 0.6 is 22.6 Å². The van der Waals surface area contributed by atoms with E-state index >= 15 is 0 Å². The lowest BCUT2D eigenvalue weighted by Crippen LogP contribution is -2.20. The largest absolute Gasteiger partial charge is 0.574 e. The Kier molecular flexibility index (Phi) is 5.08. The van der Waals surface area contributed by atoms with E-state index in [0.717, 1.165) is 6.07 Å². The Labute approximate surface area is 123 Å². The zero-order valence-corrected chi connectivity index (χ0v) is 11.9. The number of hydrogen-bond acceptors (Lipinski definition) is 6. The van der Waals surface area contributed by atoms with Gasteiger partial charge in [0, 0.05) is 0 Å².